The molecule has 2 heteroatoms. The number of hydrogen-bond acceptors (Lipinski definition) is 1. The molecule has 1 aliphatic carbocycles. The monoisotopic (exact) mass is 132 g/mol. The number of Topliss-reactive ketones (excluding diaryl/α,β-unsaturated/α-hetero) is 1. The van der Waals surface area contributed by atoms with Crippen molar-refractivity contribution in [3.05, 3.63) is 0 Å². The number of alkyl halides is 1. The maximum absolute atomic E-state index is 10.5. The van der Waals surface area contributed by atoms with E-state index in [4.69, 9.17) is 11.6 Å². The number of hydrogen-bond donors (Lipinski definition) is 0. The van der Waals surface area contributed by atoms with Crippen LogP contribution in [0.15, 0.2) is 0 Å². The lowest BCUT2D eigenvalue weighted by atomic mass is 10.2. The fourth-order valence-corrected chi connectivity index (χ4v) is 1.26. The first-order valence-corrected chi connectivity index (χ1v) is 3.35. The average molecular weight is 133 g/mol. The van der Waals surface area contributed by atoms with Crippen LogP contribution in [0.25, 0.3) is 0 Å². The zero-order chi connectivity index (χ0) is 6.15. The van der Waals surface area contributed by atoms with Gasteiger partial charge in [-0.25, -0.2) is 0 Å². The highest BCUT2D eigenvalue weighted by atomic mass is 35.5. The highest BCUT2D eigenvalue weighted by molar-refractivity contribution is 6.18. The lowest BCUT2D eigenvalue weighted by Crippen LogP contribution is -1.95. The van der Waals surface area contributed by atoms with Crippen molar-refractivity contribution in [2.75, 3.05) is 5.88 Å². The van der Waals surface area contributed by atoms with Gasteiger partial charge in [0.25, 0.3) is 0 Å². The van der Waals surface area contributed by atoms with Crippen LogP contribution in [0.5, 0.6) is 0 Å². The van der Waals surface area contributed by atoms with Gasteiger partial charge in [-0.2, -0.15) is 0 Å². The van der Waals surface area contributed by atoms with Gasteiger partial charge in [0.05, 0.1) is 0 Å². The van der Waals surface area contributed by atoms with E-state index in [1.807, 2.05) is 0 Å². The third kappa shape index (κ3) is 1.03. The molecule has 0 bridgehead atoms. The Balaban J connectivity index is 2.26. The van der Waals surface area contributed by atoms with Crippen LogP contribution in [0.3, 0.4) is 0 Å². The van der Waals surface area contributed by atoms with E-state index in [9.17, 15) is 4.79 Å². The van der Waals surface area contributed by atoms with Gasteiger partial charge in [0.1, 0.15) is 5.78 Å². The molecule has 1 saturated carbocycles. The summed E-state index contributed by atoms with van der Waals surface area (Å²) < 4.78 is 0. The van der Waals surface area contributed by atoms with E-state index in [2.05, 4.69) is 0 Å². The normalized spacial score (nSPS) is 34.8. The van der Waals surface area contributed by atoms with E-state index in [0.29, 0.717) is 23.5 Å². The summed E-state index contributed by atoms with van der Waals surface area (Å²) in [5.74, 6) is 1.78. The van der Waals surface area contributed by atoms with Gasteiger partial charge >= 0.3 is 0 Å². The first kappa shape index (κ1) is 6.09. The summed E-state index contributed by atoms with van der Waals surface area (Å²) in [7, 11) is 0. The number of rotatable bonds is 2. The van der Waals surface area contributed by atoms with Crippen LogP contribution >= 0.6 is 11.6 Å². The van der Waals surface area contributed by atoms with E-state index in [0.717, 1.165) is 6.42 Å². The summed E-state index contributed by atoms with van der Waals surface area (Å²) in [5.41, 5.74) is 0. The molecule has 0 aromatic carbocycles. The Hall–Kier alpha value is -0.0400. The van der Waals surface area contributed by atoms with Crippen LogP contribution in [-0.2, 0) is 4.79 Å². The van der Waals surface area contributed by atoms with Crippen molar-refractivity contribution in [1.82, 2.24) is 0 Å². The molecule has 0 spiro atoms. The second kappa shape index (κ2) is 2.06. The summed E-state index contributed by atoms with van der Waals surface area (Å²) in [6, 6.07) is 0. The Kier molecular flexibility index (Phi) is 1.57. The fraction of sp³-hybridized carbons (Fsp3) is 0.833. The van der Waals surface area contributed by atoms with E-state index >= 15 is 0 Å². The van der Waals surface area contributed by atoms with Crippen LogP contribution < -0.4 is 0 Å². The topological polar surface area (TPSA) is 17.1 Å². The molecule has 2 atom stereocenters. The second-order valence-electron chi connectivity index (χ2n) is 2.37. The van der Waals surface area contributed by atoms with Crippen molar-refractivity contribution in [2.24, 2.45) is 11.8 Å². The third-order valence-corrected chi connectivity index (χ3v) is 2.04. The molecule has 1 aliphatic rings. The first-order valence-electron chi connectivity index (χ1n) is 2.82. The number of carbonyl (C=O) groups excluding carboxylic acids is 1. The summed E-state index contributed by atoms with van der Waals surface area (Å²) in [6.45, 7) is 1.64. The SMILES string of the molecule is CC(=O)C1CC1CCl. The van der Waals surface area contributed by atoms with E-state index in [1.165, 1.54) is 0 Å². The highest BCUT2D eigenvalue weighted by Gasteiger charge is 2.39. The fourth-order valence-electron chi connectivity index (χ4n) is 0.916. The molecule has 0 aromatic heterocycles. The van der Waals surface area contributed by atoms with Crippen molar-refractivity contribution >= 4 is 17.4 Å². The summed E-state index contributed by atoms with van der Waals surface area (Å²) in [4.78, 5) is 10.5. The molecule has 0 radical (unpaired) electrons. The second-order valence-corrected chi connectivity index (χ2v) is 2.68. The minimum Gasteiger partial charge on any atom is -0.300 e. The smallest absolute Gasteiger partial charge is 0.133 e. The minimum atomic E-state index is 0.302. The number of ketones is 1. The van der Waals surface area contributed by atoms with Gasteiger partial charge in [-0.05, 0) is 19.3 Å². The van der Waals surface area contributed by atoms with Crippen LogP contribution in [0.2, 0.25) is 0 Å². The molecule has 1 rings (SSSR count). The van der Waals surface area contributed by atoms with Crippen molar-refractivity contribution in [2.45, 2.75) is 13.3 Å². The molecule has 0 amide bonds. The van der Waals surface area contributed by atoms with E-state index < -0.39 is 0 Å². The Morgan fingerprint density at radius 2 is 2.50 bits per heavy atom. The zero-order valence-electron chi connectivity index (χ0n) is 4.86. The van der Waals surface area contributed by atoms with E-state index in [-0.39, 0.29) is 0 Å². The zero-order valence-corrected chi connectivity index (χ0v) is 5.61. The number of halogens is 1. The predicted molar refractivity (Wildman–Crippen MR) is 33.0 cm³/mol. The summed E-state index contributed by atoms with van der Waals surface area (Å²) in [5, 5.41) is 0. The summed E-state index contributed by atoms with van der Waals surface area (Å²) in [6.07, 6.45) is 1.03. The third-order valence-electron chi connectivity index (χ3n) is 1.64. The molecule has 2 unspecified atom stereocenters. The first-order chi connectivity index (χ1) is 3.75. The highest BCUT2D eigenvalue weighted by Crippen LogP contribution is 2.39. The van der Waals surface area contributed by atoms with Crippen LogP contribution in [0.1, 0.15) is 13.3 Å². The molecule has 8 heavy (non-hydrogen) atoms. The minimum absolute atomic E-state index is 0.302. The van der Waals surface area contributed by atoms with Gasteiger partial charge in [0.2, 0.25) is 0 Å². The molecule has 0 saturated heterocycles. The molecule has 1 nitrogen and oxygen atoms in total. The van der Waals surface area contributed by atoms with Gasteiger partial charge < -0.3 is 0 Å². The maximum Gasteiger partial charge on any atom is 0.133 e. The molecule has 0 heterocycles. The molecule has 0 aliphatic heterocycles. The summed E-state index contributed by atoms with van der Waals surface area (Å²) >= 11 is 5.49. The average Bonchev–Trinajstić information content (AvgIpc) is 2.42. The van der Waals surface area contributed by atoms with Gasteiger partial charge in [-0.3, -0.25) is 4.79 Å². The molecule has 0 N–H and O–H groups in total. The molecule has 1 fully saturated rings. The Morgan fingerprint density at radius 3 is 2.62 bits per heavy atom. The van der Waals surface area contributed by atoms with Crippen molar-refractivity contribution in [3.8, 4) is 0 Å². The van der Waals surface area contributed by atoms with Gasteiger partial charge in [0.15, 0.2) is 0 Å². The van der Waals surface area contributed by atoms with Gasteiger partial charge in [-0.1, -0.05) is 0 Å². The van der Waals surface area contributed by atoms with E-state index in [1.54, 1.807) is 6.92 Å². The number of carbonyl (C=O) groups is 1. The predicted octanol–water partition coefficient (Wildman–Crippen LogP) is 1.45. The molecular weight excluding hydrogens is 124 g/mol. The Bertz CT molecular complexity index is 111. The molecular formula is C6H9ClO. The van der Waals surface area contributed by atoms with Gasteiger partial charge in [-0.15, -0.1) is 11.6 Å². The van der Waals surface area contributed by atoms with Crippen LogP contribution in [-0.4, -0.2) is 11.7 Å². The van der Waals surface area contributed by atoms with Crippen molar-refractivity contribution in [3.63, 3.8) is 0 Å². The van der Waals surface area contributed by atoms with Crippen LogP contribution in [0.4, 0.5) is 0 Å². The molecule has 0 aromatic rings. The lowest BCUT2D eigenvalue weighted by Gasteiger charge is -1.84. The van der Waals surface area contributed by atoms with Crippen LogP contribution in [0, 0.1) is 11.8 Å². The van der Waals surface area contributed by atoms with Crippen molar-refractivity contribution in [1.29, 1.82) is 0 Å². The van der Waals surface area contributed by atoms with Gasteiger partial charge in [0, 0.05) is 11.8 Å². The maximum atomic E-state index is 10.5. The van der Waals surface area contributed by atoms with Crippen molar-refractivity contribution < 1.29 is 4.79 Å². The Labute approximate surface area is 54.0 Å². The largest absolute Gasteiger partial charge is 0.300 e. The molecule has 46 valence electrons. The standard InChI is InChI=1S/C6H9ClO/c1-4(8)6-2-5(6)3-7/h5-6H,2-3H2,1H3. The Morgan fingerprint density at radius 1 is 1.88 bits per heavy atom. The quantitative estimate of drug-likeness (QED) is 0.520. The lowest BCUT2D eigenvalue weighted by molar-refractivity contribution is -0.118.